The first kappa shape index (κ1) is 14.6. The highest BCUT2D eigenvalue weighted by molar-refractivity contribution is 6.31. The first-order valence-electron chi connectivity index (χ1n) is 6.09. The van der Waals surface area contributed by atoms with E-state index in [9.17, 15) is 9.59 Å². The fraction of sp³-hybridized carbons (Fsp3) is 0.385. The number of halogens is 1. The van der Waals surface area contributed by atoms with Gasteiger partial charge in [-0.25, -0.2) is 9.59 Å². The molecule has 2 amide bonds. The molecule has 0 aromatic heterocycles. The molecule has 108 valence electrons. The number of hydrogen-bond donors (Lipinski definition) is 3. The van der Waals surface area contributed by atoms with E-state index in [0.717, 1.165) is 0 Å². The van der Waals surface area contributed by atoms with Crippen molar-refractivity contribution in [2.45, 2.75) is 18.9 Å². The number of carboxylic acid groups (broad SMARTS) is 1. The summed E-state index contributed by atoms with van der Waals surface area (Å²) in [6.07, 6.45) is 0.710. The van der Waals surface area contributed by atoms with Gasteiger partial charge in [0.2, 0.25) is 0 Å². The largest absolute Gasteiger partial charge is 0.478 e. The quantitative estimate of drug-likeness (QED) is 0.799. The molecule has 0 bridgehead atoms. The molecule has 3 N–H and O–H groups in total. The molecule has 0 saturated carbocycles. The van der Waals surface area contributed by atoms with Crippen LogP contribution in [0.3, 0.4) is 0 Å². The normalized spacial score (nSPS) is 21.5. The van der Waals surface area contributed by atoms with E-state index in [4.69, 9.17) is 21.4 Å². The third kappa shape index (κ3) is 3.40. The molecule has 2 rings (SSSR count). The van der Waals surface area contributed by atoms with Crippen LogP contribution in [0.15, 0.2) is 18.2 Å². The average molecular weight is 299 g/mol. The molecule has 7 heteroatoms. The molecular formula is C13H15ClN2O4. The Morgan fingerprint density at radius 1 is 1.45 bits per heavy atom. The van der Waals surface area contributed by atoms with Crippen LogP contribution >= 0.6 is 11.6 Å². The van der Waals surface area contributed by atoms with Gasteiger partial charge < -0.3 is 20.5 Å². The summed E-state index contributed by atoms with van der Waals surface area (Å²) in [4.78, 5) is 23.0. The SMILES string of the molecule is CC1(NC(=O)Nc2cc(Cl)ccc2C(=O)O)CCOC1. The molecule has 6 nitrogen and oxygen atoms in total. The summed E-state index contributed by atoms with van der Waals surface area (Å²) in [7, 11) is 0. The van der Waals surface area contributed by atoms with Crippen molar-refractivity contribution >= 4 is 29.3 Å². The number of ether oxygens (including phenoxy) is 1. The second kappa shape index (κ2) is 5.68. The number of aromatic carboxylic acids is 1. The zero-order valence-electron chi connectivity index (χ0n) is 10.9. The summed E-state index contributed by atoms with van der Waals surface area (Å²) < 4.78 is 5.23. The van der Waals surface area contributed by atoms with Crippen molar-refractivity contribution in [3.8, 4) is 0 Å². The topological polar surface area (TPSA) is 87.7 Å². The van der Waals surface area contributed by atoms with E-state index in [2.05, 4.69) is 10.6 Å². The van der Waals surface area contributed by atoms with Crippen LogP contribution in [0.2, 0.25) is 5.02 Å². The second-order valence-corrected chi connectivity index (χ2v) is 5.37. The van der Waals surface area contributed by atoms with Gasteiger partial charge in [0, 0.05) is 11.6 Å². The Hall–Kier alpha value is -1.79. The summed E-state index contributed by atoms with van der Waals surface area (Å²) in [5, 5.41) is 14.7. The molecule has 1 aliphatic rings. The minimum atomic E-state index is -1.13. The van der Waals surface area contributed by atoms with Gasteiger partial charge in [-0.05, 0) is 31.5 Å². The predicted octanol–water partition coefficient (Wildman–Crippen LogP) is 2.34. The van der Waals surface area contributed by atoms with Crippen LogP contribution in [-0.2, 0) is 4.74 Å². The van der Waals surface area contributed by atoms with E-state index in [0.29, 0.717) is 24.7 Å². The Labute approximate surface area is 121 Å². The third-order valence-electron chi connectivity index (χ3n) is 3.09. The van der Waals surface area contributed by atoms with Crippen LogP contribution in [0.1, 0.15) is 23.7 Å². The van der Waals surface area contributed by atoms with Crippen molar-refractivity contribution in [1.82, 2.24) is 5.32 Å². The molecular weight excluding hydrogens is 284 g/mol. The number of hydrogen-bond acceptors (Lipinski definition) is 3. The third-order valence-corrected chi connectivity index (χ3v) is 3.33. The van der Waals surface area contributed by atoms with Gasteiger partial charge in [0.1, 0.15) is 0 Å². The Kier molecular flexibility index (Phi) is 4.15. The van der Waals surface area contributed by atoms with Crippen LogP contribution < -0.4 is 10.6 Å². The van der Waals surface area contributed by atoms with E-state index in [-0.39, 0.29) is 11.3 Å². The standard InChI is InChI=1S/C13H15ClN2O4/c1-13(4-5-20-7-13)16-12(19)15-10-6-8(14)2-3-9(10)11(17)18/h2-3,6H,4-5,7H2,1H3,(H,17,18)(H2,15,16,19). The van der Waals surface area contributed by atoms with Crippen molar-refractivity contribution in [2.75, 3.05) is 18.5 Å². The fourth-order valence-corrected chi connectivity index (χ4v) is 2.17. The maximum absolute atomic E-state index is 11.9. The average Bonchev–Trinajstić information content (AvgIpc) is 2.74. The molecule has 1 unspecified atom stereocenters. The molecule has 1 aromatic rings. The van der Waals surface area contributed by atoms with Crippen LogP contribution in [0.5, 0.6) is 0 Å². The zero-order chi connectivity index (χ0) is 14.8. The molecule has 0 aliphatic carbocycles. The zero-order valence-corrected chi connectivity index (χ0v) is 11.7. The lowest BCUT2D eigenvalue weighted by atomic mass is 10.0. The maximum atomic E-state index is 11.9. The molecule has 1 atom stereocenters. The number of carbonyl (C=O) groups excluding carboxylic acids is 1. The van der Waals surface area contributed by atoms with Crippen molar-refractivity contribution < 1.29 is 19.4 Å². The monoisotopic (exact) mass is 298 g/mol. The predicted molar refractivity (Wildman–Crippen MR) is 74.4 cm³/mol. The molecule has 20 heavy (non-hydrogen) atoms. The summed E-state index contributed by atoms with van der Waals surface area (Å²) in [6, 6.07) is 3.72. The van der Waals surface area contributed by atoms with Crippen molar-refractivity contribution in [1.29, 1.82) is 0 Å². The number of benzene rings is 1. The summed E-state index contributed by atoms with van der Waals surface area (Å²) >= 11 is 5.82. The highest BCUT2D eigenvalue weighted by Crippen LogP contribution is 2.22. The van der Waals surface area contributed by atoms with Crippen molar-refractivity contribution in [2.24, 2.45) is 0 Å². The first-order chi connectivity index (χ1) is 9.39. The molecule has 1 saturated heterocycles. The minimum Gasteiger partial charge on any atom is -0.478 e. The van der Waals surface area contributed by atoms with Gasteiger partial charge in [-0.1, -0.05) is 11.6 Å². The second-order valence-electron chi connectivity index (χ2n) is 4.94. The number of rotatable bonds is 3. The Balaban J connectivity index is 2.11. The van der Waals surface area contributed by atoms with Crippen LogP contribution in [0.25, 0.3) is 0 Å². The molecule has 1 aromatic carbocycles. The summed E-state index contributed by atoms with van der Waals surface area (Å²) in [5.74, 6) is -1.13. The number of anilines is 1. The number of urea groups is 1. The first-order valence-corrected chi connectivity index (χ1v) is 6.47. The van der Waals surface area contributed by atoms with Crippen LogP contribution in [0.4, 0.5) is 10.5 Å². The Morgan fingerprint density at radius 2 is 2.20 bits per heavy atom. The van der Waals surface area contributed by atoms with Crippen LogP contribution in [0, 0.1) is 0 Å². The molecule has 1 aliphatic heterocycles. The van der Waals surface area contributed by atoms with Gasteiger partial charge in [0.15, 0.2) is 0 Å². The lowest BCUT2D eigenvalue weighted by molar-refractivity contribution is 0.0698. The Morgan fingerprint density at radius 3 is 2.80 bits per heavy atom. The van der Waals surface area contributed by atoms with E-state index < -0.39 is 17.5 Å². The molecule has 1 heterocycles. The van der Waals surface area contributed by atoms with Gasteiger partial charge in [-0.2, -0.15) is 0 Å². The highest BCUT2D eigenvalue weighted by Gasteiger charge is 2.31. The van der Waals surface area contributed by atoms with Gasteiger partial charge >= 0.3 is 12.0 Å². The van der Waals surface area contributed by atoms with E-state index in [1.54, 1.807) is 0 Å². The van der Waals surface area contributed by atoms with Crippen molar-refractivity contribution in [3.63, 3.8) is 0 Å². The summed E-state index contributed by atoms with van der Waals surface area (Å²) in [5.41, 5.74) is -0.297. The number of amides is 2. The Bertz CT molecular complexity index is 541. The molecule has 0 radical (unpaired) electrons. The van der Waals surface area contributed by atoms with E-state index >= 15 is 0 Å². The van der Waals surface area contributed by atoms with Gasteiger partial charge in [-0.3, -0.25) is 0 Å². The number of carboxylic acids is 1. The highest BCUT2D eigenvalue weighted by atomic mass is 35.5. The molecule has 1 fully saturated rings. The minimum absolute atomic E-state index is 0.0163. The van der Waals surface area contributed by atoms with Gasteiger partial charge in [0.05, 0.1) is 23.4 Å². The molecule has 0 spiro atoms. The maximum Gasteiger partial charge on any atom is 0.337 e. The van der Waals surface area contributed by atoms with Crippen LogP contribution in [-0.4, -0.2) is 35.9 Å². The van der Waals surface area contributed by atoms with E-state index in [1.165, 1.54) is 18.2 Å². The van der Waals surface area contributed by atoms with E-state index in [1.807, 2.05) is 6.92 Å². The lowest BCUT2D eigenvalue weighted by Gasteiger charge is -2.23. The summed E-state index contributed by atoms with van der Waals surface area (Å²) in [6.45, 7) is 2.89. The fourth-order valence-electron chi connectivity index (χ4n) is 2.00. The van der Waals surface area contributed by atoms with Gasteiger partial charge in [-0.15, -0.1) is 0 Å². The lowest BCUT2D eigenvalue weighted by Crippen LogP contribution is -2.48. The van der Waals surface area contributed by atoms with Gasteiger partial charge in [0.25, 0.3) is 0 Å². The number of nitrogens with one attached hydrogen (secondary N) is 2. The smallest absolute Gasteiger partial charge is 0.337 e. The number of carbonyl (C=O) groups is 2. The van der Waals surface area contributed by atoms with Crippen molar-refractivity contribution in [3.05, 3.63) is 28.8 Å².